The maximum atomic E-state index is 6.80. The predicted molar refractivity (Wildman–Crippen MR) is 129 cm³/mol. The molecule has 1 saturated heterocycles. The van der Waals surface area contributed by atoms with E-state index in [0.717, 1.165) is 65.8 Å². The lowest BCUT2D eigenvalue weighted by atomic mass is 9.73. The fourth-order valence-electron chi connectivity index (χ4n) is 5.75. The third-order valence-electron chi connectivity index (χ3n) is 7.70. The van der Waals surface area contributed by atoms with Gasteiger partial charge in [-0.05, 0) is 60.9 Å². The van der Waals surface area contributed by atoms with Crippen LogP contribution in [0.15, 0.2) is 55.2 Å². The summed E-state index contributed by atoms with van der Waals surface area (Å²) in [6.07, 6.45) is 5.09. The van der Waals surface area contributed by atoms with Crippen LogP contribution >= 0.6 is 0 Å². The monoisotopic (exact) mass is 424 g/mol. The van der Waals surface area contributed by atoms with Gasteiger partial charge in [0, 0.05) is 47.5 Å². The van der Waals surface area contributed by atoms with Gasteiger partial charge in [0.15, 0.2) is 0 Å². The van der Waals surface area contributed by atoms with E-state index in [1.807, 2.05) is 19.2 Å². The van der Waals surface area contributed by atoms with E-state index in [2.05, 4.69) is 68.3 Å². The van der Waals surface area contributed by atoms with Crippen molar-refractivity contribution in [1.82, 2.24) is 20.4 Å². The molecule has 4 aromatic rings. The number of H-pyrrole nitrogens is 2. The van der Waals surface area contributed by atoms with Crippen LogP contribution in [0.5, 0.6) is 0 Å². The number of fused-ring (bicyclic) bond motifs is 2. The highest BCUT2D eigenvalue weighted by atomic mass is 15.2. The molecule has 1 aliphatic heterocycles. The SMILES string of the molecule is C=C(c1cc[nH]n1)c1cc2c(C)n[nH]c2cc1N1CCC2(CC1)Cc1ccccc1[C@H]2N. The predicted octanol–water partition coefficient (Wildman–Crippen LogP) is 4.50. The summed E-state index contributed by atoms with van der Waals surface area (Å²) < 4.78 is 0. The van der Waals surface area contributed by atoms with E-state index in [1.165, 1.54) is 16.8 Å². The lowest BCUT2D eigenvalue weighted by Crippen LogP contribution is -2.44. The molecule has 0 radical (unpaired) electrons. The Kier molecular flexibility index (Phi) is 4.27. The van der Waals surface area contributed by atoms with Crippen LogP contribution in [0.3, 0.4) is 0 Å². The third kappa shape index (κ3) is 2.83. The molecule has 3 heterocycles. The Labute approximate surface area is 187 Å². The molecule has 0 saturated carbocycles. The van der Waals surface area contributed by atoms with E-state index in [0.29, 0.717) is 0 Å². The van der Waals surface area contributed by atoms with Crippen molar-refractivity contribution in [3.63, 3.8) is 0 Å². The number of rotatable bonds is 3. The van der Waals surface area contributed by atoms with Crippen molar-refractivity contribution in [2.45, 2.75) is 32.2 Å². The van der Waals surface area contributed by atoms with E-state index < -0.39 is 0 Å². The molecule has 2 aromatic heterocycles. The zero-order chi connectivity index (χ0) is 21.9. The smallest absolute Gasteiger partial charge is 0.0921 e. The Bertz CT molecular complexity index is 1310. The molecule has 6 nitrogen and oxygen atoms in total. The van der Waals surface area contributed by atoms with E-state index in [-0.39, 0.29) is 11.5 Å². The molecule has 1 fully saturated rings. The van der Waals surface area contributed by atoms with E-state index in [4.69, 9.17) is 5.73 Å². The normalized spacial score (nSPS) is 19.6. The minimum absolute atomic E-state index is 0.122. The number of aromatic nitrogens is 4. The van der Waals surface area contributed by atoms with Crippen LogP contribution in [0, 0.1) is 12.3 Å². The second-order valence-electron chi connectivity index (χ2n) is 9.36. The van der Waals surface area contributed by atoms with Gasteiger partial charge in [-0.2, -0.15) is 10.2 Å². The summed E-state index contributed by atoms with van der Waals surface area (Å²) in [7, 11) is 0. The molecule has 1 aliphatic carbocycles. The highest BCUT2D eigenvalue weighted by molar-refractivity contribution is 5.94. The summed E-state index contributed by atoms with van der Waals surface area (Å²) in [5.74, 6) is 0. The Balaban J connectivity index is 1.34. The molecule has 0 amide bonds. The fourth-order valence-corrected chi connectivity index (χ4v) is 5.75. The lowest BCUT2D eigenvalue weighted by Gasteiger charge is -2.43. The van der Waals surface area contributed by atoms with Gasteiger partial charge < -0.3 is 10.6 Å². The van der Waals surface area contributed by atoms with Crippen molar-refractivity contribution in [2.75, 3.05) is 18.0 Å². The van der Waals surface area contributed by atoms with Crippen molar-refractivity contribution < 1.29 is 0 Å². The van der Waals surface area contributed by atoms with E-state index >= 15 is 0 Å². The van der Waals surface area contributed by atoms with Gasteiger partial charge in [-0.25, -0.2) is 0 Å². The number of hydrogen-bond acceptors (Lipinski definition) is 4. The standard InChI is InChI=1S/C26H28N6/c1-16(22-7-10-28-30-22)20-13-21-17(2)29-31-23(21)14-24(20)32-11-8-26(9-12-32)15-18-5-3-4-6-19(18)25(26)27/h3-7,10,13-14,25H,1,8-9,11-12,15,27H2,2H3,(H,28,30)(H,29,31)/t25-/m1/s1. The molecular weight excluding hydrogens is 396 g/mol. The Hall–Kier alpha value is -3.38. The molecule has 6 rings (SSSR count). The number of aryl methyl sites for hydroxylation is 1. The summed E-state index contributed by atoms with van der Waals surface area (Å²) in [6, 6.07) is 15.2. The highest BCUT2D eigenvalue weighted by Crippen LogP contribution is 2.51. The number of hydrogen-bond donors (Lipinski definition) is 3. The Morgan fingerprint density at radius 2 is 1.97 bits per heavy atom. The van der Waals surface area contributed by atoms with E-state index in [1.54, 1.807) is 0 Å². The van der Waals surface area contributed by atoms with Crippen LogP contribution in [0.4, 0.5) is 5.69 Å². The van der Waals surface area contributed by atoms with Crippen LogP contribution in [-0.4, -0.2) is 33.5 Å². The van der Waals surface area contributed by atoms with Crippen LogP contribution in [0.2, 0.25) is 0 Å². The van der Waals surface area contributed by atoms with Crippen molar-refractivity contribution in [3.05, 3.63) is 83.3 Å². The molecule has 6 heteroatoms. The van der Waals surface area contributed by atoms with Crippen molar-refractivity contribution in [1.29, 1.82) is 0 Å². The summed E-state index contributed by atoms with van der Waals surface area (Å²) in [5, 5.41) is 16.0. The topological polar surface area (TPSA) is 86.6 Å². The molecule has 1 spiro atoms. The first kappa shape index (κ1) is 19.3. The number of nitrogens with zero attached hydrogens (tertiary/aromatic N) is 3. The molecule has 32 heavy (non-hydrogen) atoms. The maximum absolute atomic E-state index is 6.80. The van der Waals surface area contributed by atoms with Crippen LogP contribution in [0.1, 0.15) is 47.0 Å². The number of aromatic amines is 2. The average molecular weight is 425 g/mol. The second-order valence-corrected chi connectivity index (χ2v) is 9.36. The zero-order valence-electron chi connectivity index (χ0n) is 18.4. The number of piperidine rings is 1. The number of nitrogens with one attached hydrogen (secondary N) is 2. The van der Waals surface area contributed by atoms with Gasteiger partial charge in [-0.15, -0.1) is 0 Å². The summed E-state index contributed by atoms with van der Waals surface area (Å²) in [4.78, 5) is 2.49. The number of nitrogens with two attached hydrogens (primary N) is 1. The first-order chi connectivity index (χ1) is 15.6. The minimum atomic E-state index is 0.122. The zero-order valence-corrected chi connectivity index (χ0v) is 18.4. The molecule has 0 bridgehead atoms. The Morgan fingerprint density at radius 3 is 2.72 bits per heavy atom. The van der Waals surface area contributed by atoms with Crippen molar-refractivity contribution in [2.24, 2.45) is 11.1 Å². The van der Waals surface area contributed by atoms with Gasteiger partial charge in [0.1, 0.15) is 0 Å². The Morgan fingerprint density at radius 1 is 1.16 bits per heavy atom. The quantitative estimate of drug-likeness (QED) is 0.452. The van der Waals surface area contributed by atoms with Gasteiger partial charge in [-0.1, -0.05) is 30.8 Å². The average Bonchev–Trinajstić information content (AvgIpc) is 3.54. The number of anilines is 1. The van der Waals surface area contributed by atoms with Gasteiger partial charge >= 0.3 is 0 Å². The molecule has 4 N–H and O–H groups in total. The van der Waals surface area contributed by atoms with Crippen LogP contribution in [0.25, 0.3) is 16.5 Å². The molecular formula is C26H28N6. The molecule has 0 unspecified atom stereocenters. The lowest BCUT2D eigenvalue weighted by molar-refractivity contribution is 0.187. The second kappa shape index (κ2) is 7.07. The maximum Gasteiger partial charge on any atom is 0.0921 e. The third-order valence-corrected chi connectivity index (χ3v) is 7.70. The van der Waals surface area contributed by atoms with E-state index in [9.17, 15) is 0 Å². The summed E-state index contributed by atoms with van der Waals surface area (Å²) in [5.41, 5.74) is 15.9. The summed E-state index contributed by atoms with van der Waals surface area (Å²) in [6.45, 7) is 8.37. The van der Waals surface area contributed by atoms with Gasteiger partial charge in [-0.3, -0.25) is 10.2 Å². The van der Waals surface area contributed by atoms with Crippen LogP contribution in [-0.2, 0) is 6.42 Å². The first-order valence-electron chi connectivity index (χ1n) is 11.3. The largest absolute Gasteiger partial charge is 0.371 e. The fraction of sp³-hybridized carbons (Fsp3) is 0.308. The number of benzene rings is 2. The first-order valence-corrected chi connectivity index (χ1v) is 11.3. The molecule has 2 aliphatic rings. The van der Waals surface area contributed by atoms with Crippen LogP contribution < -0.4 is 10.6 Å². The molecule has 2 aromatic carbocycles. The van der Waals surface area contributed by atoms with Crippen molar-refractivity contribution in [3.8, 4) is 0 Å². The highest BCUT2D eigenvalue weighted by Gasteiger charge is 2.46. The van der Waals surface area contributed by atoms with Gasteiger partial charge in [0.25, 0.3) is 0 Å². The van der Waals surface area contributed by atoms with Crippen molar-refractivity contribution >= 4 is 22.2 Å². The van der Waals surface area contributed by atoms with Gasteiger partial charge in [0.2, 0.25) is 0 Å². The minimum Gasteiger partial charge on any atom is -0.371 e. The van der Waals surface area contributed by atoms with Gasteiger partial charge in [0.05, 0.1) is 16.9 Å². The molecule has 162 valence electrons. The molecule has 1 atom stereocenters. The summed E-state index contributed by atoms with van der Waals surface area (Å²) >= 11 is 0.